The van der Waals surface area contributed by atoms with Crippen LogP contribution in [0.1, 0.15) is 33.1 Å². The number of nitrogens with two attached hydrogens (primary N) is 1. The Morgan fingerprint density at radius 3 is 2.29 bits per heavy atom. The van der Waals surface area contributed by atoms with E-state index in [2.05, 4.69) is 0 Å². The van der Waals surface area contributed by atoms with E-state index < -0.39 is 5.41 Å². The molecule has 1 aliphatic carbocycles. The topological polar surface area (TPSA) is 63.4 Å². The Hall–Kier alpha value is -0.900. The van der Waals surface area contributed by atoms with Crippen LogP contribution in [0, 0.1) is 5.41 Å². The predicted octanol–water partition coefficient (Wildman–Crippen LogP) is 0.261. The predicted molar refractivity (Wildman–Crippen MR) is 51.2 cm³/mol. The van der Waals surface area contributed by atoms with Gasteiger partial charge in [-0.3, -0.25) is 14.5 Å². The maximum absolute atomic E-state index is 11.8. The van der Waals surface area contributed by atoms with E-state index in [1.54, 1.807) is 0 Å². The van der Waals surface area contributed by atoms with Crippen molar-refractivity contribution < 1.29 is 9.59 Å². The fourth-order valence-corrected chi connectivity index (χ4v) is 2.19. The first-order chi connectivity index (χ1) is 6.42. The molecule has 2 rings (SSSR count). The first-order valence-corrected chi connectivity index (χ1v) is 5.04. The number of carbonyl (C=O) groups is 2. The standard InChI is InChI=1S/C10H16N2O2/c1-10(2)5-8(13)12(9(10)14)7-3-6(11)4-7/h6-7H,3-5,11H2,1-2H3. The fourth-order valence-electron chi connectivity index (χ4n) is 2.19. The Morgan fingerprint density at radius 2 is 1.93 bits per heavy atom. The van der Waals surface area contributed by atoms with E-state index in [0.29, 0.717) is 6.42 Å². The first kappa shape index (κ1) is 9.65. The Labute approximate surface area is 83.4 Å². The van der Waals surface area contributed by atoms with Gasteiger partial charge in [0.15, 0.2) is 0 Å². The highest BCUT2D eigenvalue weighted by Crippen LogP contribution is 2.37. The Kier molecular flexibility index (Phi) is 1.93. The van der Waals surface area contributed by atoms with Gasteiger partial charge in [-0.1, -0.05) is 13.8 Å². The van der Waals surface area contributed by atoms with E-state index >= 15 is 0 Å². The van der Waals surface area contributed by atoms with Gasteiger partial charge < -0.3 is 5.73 Å². The SMILES string of the molecule is CC1(C)CC(=O)N(C2CC(N)C2)C1=O. The van der Waals surface area contributed by atoms with Crippen LogP contribution in [0.25, 0.3) is 0 Å². The van der Waals surface area contributed by atoms with E-state index in [0.717, 1.165) is 12.8 Å². The van der Waals surface area contributed by atoms with Crippen LogP contribution in [0.4, 0.5) is 0 Å². The van der Waals surface area contributed by atoms with Gasteiger partial charge in [-0.05, 0) is 12.8 Å². The van der Waals surface area contributed by atoms with Crippen molar-refractivity contribution in [2.75, 3.05) is 0 Å². The molecule has 1 aliphatic heterocycles. The lowest BCUT2D eigenvalue weighted by Gasteiger charge is -2.38. The Bertz CT molecular complexity index is 292. The van der Waals surface area contributed by atoms with E-state index in [1.165, 1.54) is 4.90 Å². The monoisotopic (exact) mass is 196 g/mol. The van der Waals surface area contributed by atoms with Crippen molar-refractivity contribution in [3.8, 4) is 0 Å². The number of likely N-dealkylation sites (tertiary alicyclic amines) is 1. The van der Waals surface area contributed by atoms with Crippen LogP contribution < -0.4 is 5.73 Å². The molecule has 4 heteroatoms. The van der Waals surface area contributed by atoms with Crippen LogP contribution in [0.5, 0.6) is 0 Å². The maximum atomic E-state index is 11.8. The lowest BCUT2D eigenvalue weighted by molar-refractivity contribution is -0.145. The van der Waals surface area contributed by atoms with Crippen LogP contribution in [-0.2, 0) is 9.59 Å². The van der Waals surface area contributed by atoms with E-state index in [1.807, 2.05) is 13.8 Å². The third-order valence-electron chi connectivity index (χ3n) is 3.17. The lowest BCUT2D eigenvalue weighted by atomic mass is 9.86. The van der Waals surface area contributed by atoms with E-state index in [9.17, 15) is 9.59 Å². The van der Waals surface area contributed by atoms with Crippen molar-refractivity contribution in [3.63, 3.8) is 0 Å². The second-order valence-electron chi connectivity index (χ2n) is 5.01. The summed E-state index contributed by atoms with van der Waals surface area (Å²) in [5, 5.41) is 0. The highest BCUT2D eigenvalue weighted by atomic mass is 16.2. The van der Waals surface area contributed by atoms with Gasteiger partial charge in [0.25, 0.3) is 0 Å². The number of amides is 2. The van der Waals surface area contributed by atoms with Crippen LogP contribution >= 0.6 is 0 Å². The van der Waals surface area contributed by atoms with Gasteiger partial charge in [0.2, 0.25) is 11.8 Å². The molecule has 0 atom stereocenters. The number of rotatable bonds is 1. The van der Waals surface area contributed by atoms with Crippen LogP contribution in [0.2, 0.25) is 0 Å². The molecule has 14 heavy (non-hydrogen) atoms. The summed E-state index contributed by atoms with van der Waals surface area (Å²) in [5.74, 6) is -0.0590. The molecule has 0 spiro atoms. The summed E-state index contributed by atoms with van der Waals surface area (Å²) in [6, 6.07) is 0.246. The number of imide groups is 1. The molecule has 1 saturated heterocycles. The van der Waals surface area contributed by atoms with Gasteiger partial charge >= 0.3 is 0 Å². The minimum atomic E-state index is -0.503. The van der Waals surface area contributed by atoms with Gasteiger partial charge in [0, 0.05) is 18.5 Å². The number of hydrogen-bond acceptors (Lipinski definition) is 3. The van der Waals surface area contributed by atoms with Gasteiger partial charge in [-0.25, -0.2) is 0 Å². The largest absolute Gasteiger partial charge is 0.328 e. The van der Waals surface area contributed by atoms with Gasteiger partial charge in [-0.2, -0.15) is 0 Å². The van der Waals surface area contributed by atoms with Crippen molar-refractivity contribution in [1.29, 1.82) is 0 Å². The second kappa shape index (κ2) is 2.79. The van der Waals surface area contributed by atoms with Crippen LogP contribution in [0.15, 0.2) is 0 Å². The molecular formula is C10H16N2O2. The van der Waals surface area contributed by atoms with E-state index in [4.69, 9.17) is 5.73 Å². The molecular weight excluding hydrogens is 180 g/mol. The van der Waals surface area contributed by atoms with Gasteiger partial charge in [0.1, 0.15) is 0 Å². The third-order valence-corrected chi connectivity index (χ3v) is 3.17. The molecule has 0 bridgehead atoms. The summed E-state index contributed by atoms with van der Waals surface area (Å²) < 4.78 is 0. The number of carbonyl (C=O) groups excluding carboxylic acids is 2. The maximum Gasteiger partial charge on any atom is 0.235 e. The summed E-state index contributed by atoms with van der Waals surface area (Å²) in [6.07, 6.45) is 1.89. The molecule has 0 radical (unpaired) electrons. The summed E-state index contributed by atoms with van der Waals surface area (Å²) in [5.41, 5.74) is 5.14. The van der Waals surface area contributed by atoms with Crippen molar-refractivity contribution in [3.05, 3.63) is 0 Å². The average molecular weight is 196 g/mol. The third kappa shape index (κ3) is 1.25. The van der Waals surface area contributed by atoms with Crippen LogP contribution in [-0.4, -0.2) is 28.8 Å². The molecule has 1 saturated carbocycles. The highest BCUT2D eigenvalue weighted by molar-refractivity contribution is 6.05. The molecule has 0 aromatic heterocycles. The molecule has 2 aliphatic rings. The number of nitrogens with zero attached hydrogens (tertiary/aromatic N) is 1. The van der Waals surface area contributed by atoms with Crippen molar-refractivity contribution >= 4 is 11.8 Å². The molecule has 2 fully saturated rings. The zero-order chi connectivity index (χ0) is 10.5. The highest BCUT2D eigenvalue weighted by Gasteiger charge is 2.49. The average Bonchev–Trinajstić information content (AvgIpc) is 2.17. The minimum Gasteiger partial charge on any atom is -0.328 e. The fraction of sp³-hybridized carbons (Fsp3) is 0.800. The molecule has 78 valence electrons. The molecule has 1 heterocycles. The van der Waals surface area contributed by atoms with Crippen LogP contribution in [0.3, 0.4) is 0 Å². The Morgan fingerprint density at radius 1 is 1.36 bits per heavy atom. The molecule has 4 nitrogen and oxygen atoms in total. The Balaban J connectivity index is 2.13. The lowest BCUT2D eigenvalue weighted by Crippen LogP contribution is -2.53. The van der Waals surface area contributed by atoms with Gasteiger partial charge in [0.05, 0.1) is 5.41 Å². The normalized spacial score (nSPS) is 36.1. The number of hydrogen-bond donors (Lipinski definition) is 1. The summed E-state index contributed by atoms with van der Waals surface area (Å²) in [4.78, 5) is 24.9. The quantitative estimate of drug-likeness (QED) is 0.612. The summed E-state index contributed by atoms with van der Waals surface area (Å²) >= 11 is 0. The second-order valence-corrected chi connectivity index (χ2v) is 5.01. The molecule has 0 aromatic carbocycles. The minimum absolute atomic E-state index is 0.0283. The van der Waals surface area contributed by atoms with Crippen molar-refractivity contribution in [1.82, 2.24) is 4.90 Å². The molecule has 2 N–H and O–H groups in total. The first-order valence-electron chi connectivity index (χ1n) is 5.04. The van der Waals surface area contributed by atoms with Crippen molar-refractivity contribution in [2.24, 2.45) is 11.1 Å². The molecule has 0 aromatic rings. The summed E-state index contributed by atoms with van der Waals surface area (Å²) in [6.45, 7) is 3.65. The summed E-state index contributed by atoms with van der Waals surface area (Å²) in [7, 11) is 0. The molecule has 2 amide bonds. The van der Waals surface area contributed by atoms with Crippen molar-refractivity contribution in [2.45, 2.75) is 45.2 Å². The smallest absolute Gasteiger partial charge is 0.235 e. The van der Waals surface area contributed by atoms with E-state index in [-0.39, 0.29) is 23.9 Å². The zero-order valence-electron chi connectivity index (χ0n) is 8.62. The van der Waals surface area contributed by atoms with Gasteiger partial charge in [-0.15, -0.1) is 0 Å². The zero-order valence-corrected chi connectivity index (χ0v) is 8.62. The molecule has 0 unspecified atom stereocenters.